The molecule has 0 unspecified atom stereocenters. The number of nitrogens with zero attached hydrogens (tertiary/aromatic N) is 1. The van der Waals surface area contributed by atoms with Crippen molar-refractivity contribution < 1.29 is 4.79 Å². The number of carbonyl (C=O) groups excluding carboxylic acids is 1. The van der Waals surface area contributed by atoms with Crippen LogP contribution >= 0.6 is 0 Å². The molecular formula is C17H25NOSi. The number of hydrogen-bond acceptors (Lipinski definition) is 2. The highest BCUT2D eigenvalue weighted by atomic mass is 28.3. The van der Waals surface area contributed by atoms with Crippen molar-refractivity contribution in [2.75, 3.05) is 0 Å². The predicted molar refractivity (Wildman–Crippen MR) is 82.6 cm³/mol. The summed E-state index contributed by atoms with van der Waals surface area (Å²) in [6.45, 7) is 11.3. The molecule has 4 aliphatic rings. The lowest BCUT2D eigenvalue weighted by Gasteiger charge is -2.62. The summed E-state index contributed by atoms with van der Waals surface area (Å²) in [5.74, 6) is 1.21. The smallest absolute Gasteiger partial charge is 0.161 e. The minimum absolute atomic E-state index is 0.117. The predicted octanol–water partition coefficient (Wildman–Crippen LogP) is 3.96. The molecule has 4 saturated carbocycles. The van der Waals surface area contributed by atoms with Crippen LogP contribution in [-0.2, 0) is 4.79 Å². The monoisotopic (exact) mass is 287 g/mol. The molecule has 4 atom stereocenters. The Labute approximate surface area is 123 Å². The normalized spacial score (nSPS) is 43.9. The Morgan fingerprint density at radius 3 is 2.45 bits per heavy atom. The first-order chi connectivity index (χ1) is 9.14. The molecule has 0 radical (unpaired) electrons. The topological polar surface area (TPSA) is 40.9 Å². The van der Waals surface area contributed by atoms with Gasteiger partial charge in [-0.1, -0.05) is 44.8 Å². The fourth-order valence-corrected chi connectivity index (χ4v) is 6.50. The number of hydrogen-bond donors (Lipinski definition) is 0. The summed E-state index contributed by atoms with van der Waals surface area (Å²) < 4.78 is 0. The van der Waals surface area contributed by atoms with Crippen molar-refractivity contribution in [1.82, 2.24) is 0 Å². The third-order valence-corrected chi connectivity index (χ3v) is 7.32. The van der Waals surface area contributed by atoms with Crippen LogP contribution in [0, 0.1) is 39.9 Å². The molecule has 0 heterocycles. The van der Waals surface area contributed by atoms with Gasteiger partial charge in [-0.05, 0) is 36.5 Å². The number of allylic oxidation sites excluding steroid dienone is 1. The third kappa shape index (κ3) is 1.52. The number of nitriles is 1. The number of Topliss-reactive ketones (excluding diaryl/α,β-unsaturated/α-hetero) is 1. The van der Waals surface area contributed by atoms with Crippen LogP contribution in [0.2, 0.25) is 19.6 Å². The van der Waals surface area contributed by atoms with Crippen LogP contribution in [0.15, 0.2) is 11.3 Å². The van der Waals surface area contributed by atoms with E-state index in [0.29, 0.717) is 5.92 Å². The van der Waals surface area contributed by atoms with Crippen LogP contribution in [0.3, 0.4) is 0 Å². The van der Waals surface area contributed by atoms with Gasteiger partial charge in [0.25, 0.3) is 0 Å². The molecule has 4 rings (SSSR count). The van der Waals surface area contributed by atoms with Gasteiger partial charge >= 0.3 is 0 Å². The third-order valence-electron chi connectivity index (χ3n) is 6.11. The highest BCUT2D eigenvalue weighted by molar-refractivity contribution is 6.81. The van der Waals surface area contributed by atoms with E-state index >= 15 is 0 Å². The van der Waals surface area contributed by atoms with Gasteiger partial charge in [0.2, 0.25) is 0 Å². The lowest BCUT2D eigenvalue weighted by Crippen LogP contribution is -2.64. The van der Waals surface area contributed by atoms with Crippen LogP contribution in [0.4, 0.5) is 0 Å². The largest absolute Gasteiger partial charge is 0.297 e. The van der Waals surface area contributed by atoms with E-state index in [2.05, 4.69) is 45.3 Å². The summed E-state index contributed by atoms with van der Waals surface area (Å²) in [4.78, 5) is 13.1. The van der Waals surface area contributed by atoms with E-state index in [1.54, 1.807) is 0 Å². The van der Waals surface area contributed by atoms with E-state index in [9.17, 15) is 10.1 Å². The van der Waals surface area contributed by atoms with E-state index in [4.69, 9.17) is 0 Å². The van der Waals surface area contributed by atoms with Crippen LogP contribution < -0.4 is 0 Å². The van der Waals surface area contributed by atoms with Gasteiger partial charge in [0.1, 0.15) is 5.41 Å². The van der Waals surface area contributed by atoms with Crippen molar-refractivity contribution in [2.24, 2.45) is 28.6 Å². The molecule has 0 spiro atoms. The van der Waals surface area contributed by atoms with Gasteiger partial charge in [-0.15, -0.1) is 0 Å². The Kier molecular flexibility index (Phi) is 2.71. The maximum Gasteiger partial charge on any atom is 0.161 e. The molecule has 2 bridgehead atoms. The average molecular weight is 287 g/mol. The Hall–Kier alpha value is -0.883. The van der Waals surface area contributed by atoms with Crippen LogP contribution in [0.5, 0.6) is 0 Å². The maximum absolute atomic E-state index is 13.1. The minimum Gasteiger partial charge on any atom is -0.297 e. The fraction of sp³-hybridized carbons (Fsp3) is 0.765. The molecule has 4 aliphatic carbocycles. The molecule has 108 valence electrons. The van der Waals surface area contributed by atoms with E-state index in [1.165, 1.54) is 5.57 Å². The van der Waals surface area contributed by atoms with Gasteiger partial charge in [0.05, 0.1) is 14.1 Å². The van der Waals surface area contributed by atoms with Gasteiger partial charge in [0.15, 0.2) is 5.78 Å². The van der Waals surface area contributed by atoms with Crippen molar-refractivity contribution in [2.45, 2.75) is 52.8 Å². The Morgan fingerprint density at radius 2 is 1.95 bits per heavy atom. The van der Waals surface area contributed by atoms with E-state index in [0.717, 1.165) is 19.3 Å². The Morgan fingerprint density at radius 1 is 1.30 bits per heavy atom. The average Bonchev–Trinajstić information content (AvgIpc) is 2.67. The number of ketones is 1. The summed E-state index contributed by atoms with van der Waals surface area (Å²) in [6, 6.07) is 2.50. The van der Waals surface area contributed by atoms with Gasteiger partial charge < -0.3 is 0 Å². The minimum atomic E-state index is -1.40. The molecule has 0 aromatic heterocycles. The summed E-state index contributed by atoms with van der Waals surface area (Å²) in [5.41, 5.74) is 2.89. The summed E-state index contributed by atoms with van der Waals surface area (Å²) in [5, 5.41) is 9.90. The molecule has 0 amide bonds. The lowest BCUT2D eigenvalue weighted by atomic mass is 9.39. The second-order valence-electron chi connectivity index (χ2n) is 8.68. The van der Waals surface area contributed by atoms with Gasteiger partial charge in [-0.3, -0.25) is 4.79 Å². The molecule has 0 aliphatic heterocycles. The zero-order valence-corrected chi connectivity index (χ0v) is 14.3. The van der Waals surface area contributed by atoms with E-state index in [1.807, 2.05) is 0 Å². The molecule has 0 aromatic carbocycles. The Bertz CT molecular complexity index is 548. The van der Waals surface area contributed by atoms with Crippen molar-refractivity contribution in [3.05, 3.63) is 11.3 Å². The standard InChI is InChI=1S/C17H25NOSi/c1-16(2)13-8-14(16)15(19)17(10-18)11(6-7-12(13)17)9-20(3,4)5/h9,12-14H,6-8H2,1-5H3/b11-9+/t12-,13+,14-,17-/m0/s1. The summed E-state index contributed by atoms with van der Waals surface area (Å²) in [6.07, 6.45) is 3.03. The van der Waals surface area contributed by atoms with E-state index in [-0.39, 0.29) is 23.0 Å². The highest BCUT2D eigenvalue weighted by Gasteiger charge is 2.71. The lowest BCUT2D eigenvalue weighted by molar-refractivity contribution is -0.171. The first-order valence-corrected chi connectivity index (χ1v) is 11.4. The fourth-order valence-electron chi connectivity index (χ4n) is 5.09. The summed E-state index contributed by atoms with van der Waals surface area (Å²) >= 11 is 0. The van der Waals surface area contributed by atoms with Crippen molar-refractivity contribution in [3.63, 3.8) is 0 Å². The van der Waals surface area contributed by atoms with Crippen molar-refractivity contribution in [1.29, 1.82) is 5.26 Å². The number of rotatable bonds is 1. The van der Waals surface area contributed by atoms with Crippen molar-refractivity contribution >= 4 is 13.9 Å². The van der Waals surface area contributed by atoms with Crippen LogP contribution in [0.25, 0.3) is 0 Å². The number of carbonyl (C=O) groups is 1. The summed E-state index contributed by atoms with van der Waals surface area (Å²) in [7, 11) is -1.40. The SMILES string of the molecule is CC1(C)[C@@H]2C[C@H]1C(=O)[C@@]1(C#N)/C(=C/[Si](C)(C)C)CC[C@@H]21. The molecule has 0 aromatic rings. The van der Waals surface area contributed by atoms with Gasteiger partial charge in [0, 0.05) is 5.92 Å². The molecule has 2 nitrogen and oxygen atoms in total. The van der Waals surface area contributed by atoms with Gasteiger partial charge in [-0.2, -0.15) is 5.26 Å². The molecule has 3 heteroatoms. The molecule has 0 saturated heterocycles. The second kappa shape index (κ2) is 3.85. The van der Waals surface area contributed by atoms with Crippen molar-refractivity contribution in [3.8, 4) is 6.07 Å². The van der Waals surface area contributed by atoms with E-state index < -0.39 is 13.5 Å². The molecule has 20 heavy (non-hydrogen) atoms. The maximum atomic E-state index is 13.1. The van der Waals surface area contributed by atoms with Crippen LogP contribution in [0.1, 0.15) is 33.1 Å². The molecule has 4 fully saturated rings. The van der Waals surface area contributed by atoms with Gasteiger partial charge in [-0.25, -0.2) is 0 Å². The Balaban J connectivity index is 2.10. The zero-order chi connectivity index (χ0) is 14.9. The first kappa shape index (κ1) is 14.1. The first-order valence-electron chi connectivity index (χ1n) is 7.82. The molecule has 0 N–H and O–H groups in total. The zero-order valence-electron chi connectivity index (χ0n) is 13.3. The highest BCUT2D eigenvalue weighted by Crippen LogP contribution is 2.70. The van der Waals surface area contributed by atoms with Crippen LogP contribution in [-0.4, -0.2) is 13.9 Å². The quantitative estimate of drug-likeness (QED) is 0.685. The molecular weight excluding hydrogens is 262 g/mol. The second-order valence-corrected chi connectivity index (χ2v) is 13.7.